The summed E-state index contributed by atoms with van der Waals surface area (Å²) in [6.07, 6.45) is 4.24. The van der Waals surface area contributed by atoms with Crippen LogP contribution in [-0.2, 0) is 22.6 Å². The minimum atomic E-state index is -0.243. The molecule has 0 aliphatic carbocycles. The number of carbonyl (C=O) groups is 1. The summed E-state index contributed by atoms with van der Waals surface area (Å²) in [5.41, 5.74) is 2.95. The first-order valence-corrected chi connectivity index (χ1v) is 8.82. The average Bonchev–Trinajstić information content (AvgIpc) is 3.30. The molecular formula is C20H16N2O2S. The molecule has 5 heteroatoms. The van der Waals surface area contributed by atoms with Crippen molar-refractivity contribution >= 4 is 27.5 Å². The fourth-order valence-corrected chi connectivity index (χ4v) is 3.51. The van der Waals surface area contributed by atoms with Crippen LogP contribution in [0.1, 0.15) is 10.6 Å². The van der Waals surface area contributed by atoms with Crippen LogP contribution in [0.15, 0.2) is 73.1 Å². The van der Waals surface area contributed by atoms with Crippen molar-refractivity contribution in [1.82, 2.24) is 9.55 Å². The molecule has 0 atom stereocenters. The van der Waals surface area contributed by atoms with Crippen LogP contribution in [-0.4, -0.2) is 15.5 Å². The Hall–Kier alpha value is -2.92. The topological polar surface area (TPSA) is 44.1 Å². The number of ether oxygens (including phenoxy) is 1. The molecule has 0 radical (unpaired) electrons. The number of rotatable bonds is 5. The molecule has 25 heavy (non-hydrogen) atoms. The van der Waals surface area contributed by atoms with E-state index < -0.39 is 0 Å². The highest BCUT2D eigenvalue weighted by atomic mass is 32.1. The predicted octanol–water partition coefficient (Wildman–Crippen LogP) is 4.37. The van der Waals surface area contributed by atoms with E-state index in [1.54, 1.807) is 11.3 Å². The Morgan fingerprint density at radius 2 is 1.76 bits per heavy atom. The second-order valence-electron chi connectivity index (χ2n) is 5.67. The van der Waals surface area contributed by atoms with Gasteiger partial charge in [-0.3, -0.25) is 4.79 Å². The lowest BCUT2D eigenvalue weighted by atomic mass is 10.1. The minimum absolute atomic E-state index is 0.222. The number of para-hydroxylation sites is 1. The number of thiazole rings is 1. The summed E-state index contributed by atoms with van der Waals surface area (Å²) < 4.78 is 8.50. The van der Waals surface area contributed by atoms with Gasteiger partial charge in [-0.1, -0.05) is 24.3 Å². The molecule has 0 saturated carbocycles. The third kappa shape index (κ3) is 3.61. The zero-order valence-electron chi connectivity index (χ0n) is 13.5. The predicted molar refractivity (Wildman–Crippen MR) is 98.9 cm³/mol. The second-order valence-corrected chi connectivity index (χ2v) is 6.78. The number of esters is 1. The van der Waals surface area contributed by atoms with Crippen molar-refractivity contribution in [1.29, 1.82) is 0 Å². The van der Waals surface area contributed by atoms with Crippen molar-refractivity contribution < 1.29 is 9.53 Å². The molecule has 2 aromatic carbocycles. The monoisotopic (exact) mass is 348 g/mol. The fourth-order valence-electron chi connectivity index (χ4n) is 2.63. The van der Waals surface area contributed by atoms with E-state index in [0.29, 0.717) is 0 Å². The molecular weight excluding hydrogens is 332 g/mol. The van der Waals surface area contributed by atoms with Crippen LogP contribution in [0.2, 0.25) is 0 Å². The smallest absolute Gasteiger partial charge is 0.310 e. The number of benzene rings is 2. The van der Waals surface area contributed by atoms with E-state index in [4.69, 9.17) is 4.74 Å². The Morgan fingerprint density at radius 1 is 1.00 bits per heavy atom. The van der Waals surface area contributed by atoms with Crippen LogP contribution in [0.5, 0.6) is 0 Å². The third-order valence-corrected chi connectivity index (χ3v) is 4.89. The molecule has 2 aromatic heterocycles. The lowest BCUT2D eigenvalue weighted by Crippen LogP contribution is -2.08. The molecule has 0 saturated heterocycles. The molecule has 4 aromatic rings. The summed E-state index contributed by atoms with van der Waals surface area (Å²) in [4.78, 5) is 16.5. The van der Waals surface area contributed by atoms with Crippen molar-refractivity contribution in [2.75, 3.05) is 0 Å². The van der Waals surface area contributed by atoms with Crippen molar-refractivity contribution in [3.8, 4) is 5.69 Å². The summed E-state index contributed by atoms with van der Waals surface area (Å²) in [6, 6.07) is 19.8. The molecule has 0 aliphatic rings. The number of fused-ring (bicyclic) bond motifs is 1. The summed E-state index contributed by atoms with van der Waals surface area (Å²) in [5, 5.41) is 0.817. The van der Waals surface area contributed by atoms with Gasteiger partial charge in [-0.25, -0.2) is 4.98 Å². The van der Waals surface area contributed by atoms with Crippen LogP contribution < -0.4 is 0 Å². The second kappa shape index (κ2) is 6.91. The van der Waals surface area contributed by atoms with Gasteiger partial charge in [0.15, 0.2) is 0 Å². The highest BCUT2D eigenvalue weighted by Crippen LogP contribution is 2.22. The van der Waals surface area contributed by atoms with Gasteiger partial charge in [-0.05, 0) is 42.0 Å². The highest BCUT2D eigenvalue weighted by molar-refractivity contribution is 7.18. The Bertz CT molecular complexity index is 955. The summed E-state index contributed by atoms with van der Waals surface area (Å²) in [5.74, 6) is -0.243. The highest BCUT2D eigenvalue weighted by Gasteiger charge is 2.08. The lowest BCUT2D eigenvalue weighted by molar-refractivity contribution is -0.144. The third-order valence-electron chi connectivity index (χ3n) is 3.88. The molecule has 0 bridgehead atoms. The summed E-state index contributed by atoms with van der Waals surface area (Å²) >= 11 is 1.55. The van der Waals surface area contributed by atoms with Gasteiger partial charge in [0.1, 0.15) is 11.6 Å². The van der Waals surface area contributed by atoms with Gasteiger partial charge in [0, 0.05) is 18.1 Å². The number of nitrogens with zero attached hydrogens (tertiary/aromatic N) is 2. The molecule has 4 nitrogen and oxygen atoms in total. The minimum Gasteiger partial charge on any atom is -0.458 e. The molecule has 0 fully saturated rings. The fraction of sp³-hybridized carbons (Fsp3) is 0.100. The lowest BCUT2D eigenvalue weighted by Gasteiger charge is -2.06. The van der Waals surface area contributed by atoms with Crippen molar-refractivity contribution in [3.05, 3.63) is 83.6 Å². The van der Waals surface area contributed by atoms with Crippen molar-refractivity contribution in [2.24, 2.45) is 0 Å². The maximum atomic E-state index is 12.1. The van der Waals surface area contributed by atoms with E-state index in [-0.39, 0.29) is 19.0 Å². The number of hydrogen-bond donors (Lipinski definition) is 0. The maximum Gasteiger partial charge on any atom is 0.310 e. The largest absolute Gasteiger partial charge is 0.458 e. The summed E-state index contributed by atoms with van der Waals surface area (Å²) in [6.45, 7) is 0.222. The SMILES string of the molecule is O=C(Cc1ccc(-n2cccc2)cc1)OCc1nc2ccccc2s1. The van der Waals surface area contributed by atoms with Gasteiger partial charge in [0.2, 0.25) is 0 Å². The Labute approximate surface area is 149 Å². The Balaban J connectivity index is 1.35. The van der Waals surface area contributed by atoms with E-state index in [9.17, 15) is 4.79 Å². The standard InChI is InChI=1S/C20H16N2O2S/c23-20(24-14-19-21-17-5-1-2-6-18(17)25-19)13-15-7-9-16(10-8-15)22-11-3-4-12-22/h1-12H,13-14H2. The van der Waals surface area contributed by atoms with E-state index in [2.05, 4.69) is 4.98 Å². The van der Waals surface area contributed by atoms with Gasteiger partial charge in [-0.15, -0.1) is 11.3 Å². The van der Waals surface area contributed by atoms with E-state index in [1.807, 2.05) is 77.6 Å². The normalized spacial score (nSPS) is 10.9. The number of hydrogen-bond acceptors (Lipinski definition) is 4. The van der Waals surface area contributed by atoms with Crippen LogP contribution in [0.3, 0.4) is 0 Å². The Morgan fingerprint density at radius 3 is 2.52 bits per heavy atom. The van der Waals surface area contributed by atoms with Crippen LogP contribution in [0.4, 0.5) is 0 Å². The van der Waals surface area contributed by atoms with Gasteiger partial charge in [0.25, 0.3) is 0 Å². The van der Waals surface area contributed by atoms with Crippen LogP contribution >= 0.6 is 11.3 Å². The first kappa shape index (κ1) is 15.6. The van der Waals surface area contributed by atoms with Crippen molar-refractivity contribution in [2.45, 2.75) is 13.0 Å². The number of aromatic nitrogens is 2. The molecule has 2 heterocycles. The Kier molecular flexibility index (Phi) is 4.31. The molecule has 0 spiro atoms. The van der Waals surface area contributed by atoms with Gasteiger partial charge >= 0.3 is 5.97 Å². The quantitative estimate of drug-likeness (QED) is 0.503. The van der Waals surface area contributed by atoms with Gasteiger partial charge < -0.3 is 9.30 Å². The summed E-state index contributed by atoms with van der Waals surface area (Å²) in [7, 11) is 0. The molecule has 124 valence electrons. The van der Waals surface area contributed by atoms with Crippen LogP contribution in [0, 0.1) is 0 Å². The first-order chi connectivity index (χ1) is 12.3. The molecule has 0 N–H and O–H groups in total. The molecule has 0 unspecified atom stereocenters. The molecule has 0 aliphatic heterocycles. The van der Waals surface area contributed by atoms with Gasteiger partial charge in [-0.2, -0.15) is 0 Å². The van der Waals surface area contributed by atoms with E-state index in [1.165, 1.54) is 0 Å². The molecule has 4 rings (SSSR count). The van der Waals surface area contributed by atoms with E-state index >= 15 is 0 Å². The maximum absolute atomic E-state index is 12.1. The van der Waals surface area contributed by atoms with Crippen LogP contribution in [0.25, 0.3) is 15.9 Å². The van der Waals surface area contributed by atoms with Gasteiger partial charge in [0.05, 0.1) is 16.6 Å². The van der Waals surface area contributed by atoms with E-state index in [0.717, 1.165) is 26.5 Å². The zero-order valence-corrected chi connectivity index (χ0v) is 14.3. The first-order valence-electron chi connectivity index (χ1n) is 8.00. The van der Waals surface area contributed by atoms with Crippen molar-refractivity contribution in [3.63, 3.8) is 0 Å². The zero-order chi connectivity index (χ0) is 17.1. The molecule has 0 amide bonds. The number of carbonyl (C=O) groups excluding carboxylic acids is 1. The average molecular weight is 348 g/mol.